The normalized spacial score (nSPS) is 16.2. The van der Waals surface area contributed by atoms with Crippen LogP contribution in [0.15, 0.2) is 73.6 Å². The highest BCUT2D eigenvalue weighted by molar-refractivity contribution is 7.91. The summed E-state index contributed by atoms with van der Waals surface area (Å²) in [5.74, 6) is 0.128. The second-order valence-corrected chi connectivity index (χ2v) is 9.28. The van der Waals surface area contributed by atoms with E-state index >= 15 is 0 Å². The Labute approximate surface area is 184 Å². The predicted octanol–water partition coefficient (Wildman–Crippen LogP) is 3.16. The molecule has 1 atom stereocenters. The third-order valence-corrected chi connectivity index (χ3v) is 6.90. The van der Waals surface area contributed by atoms with E-state index in [2.05, 4.69) is 10.2 Å². The Balaban J connectivity index is 1.46. The number of furan rings is 2. The molecule has 0 bridgehead atoms. The zero-order valence-electron chi connectivity index (χ0n) is 16.5. The van der Waals surface area contributed by atoms with Crippen molar-refractivity contribution in [1.29, 1.82) is 0 Å². The molecule has 1 aliphatic rings. The van der Waals surface area contributed by atoms with E-state index in [1.165, 1.54) is 36.4 Å². The Bertz CT molecular complexity index is 1120. The summed E-state index contributed by atoms with van der Waals surface area (Å²) < 4.78 is 41.7. The maximum Gasteiger partial charge on any atom is 0.287 e. The van der Waals surface area contributed by atoms with E-state index in [9.17, 15) is 13.2 Å². The van der Waals surface area contributed by atoms with Gasteiger partial charge in [0.15, 0.2) is 5.76 Å². The molecular formula is C21H21ClN2O6S. The fourth-order valence-electron chi connectivity index (χ4n) is 3.37. The first-order valence-electron chi connectivity index (χ1n) is 9.69. The van der Waals surface area contributed by atoms with E-state index in [0.717, 1.165) is 5.76 Å². The van der Waals surface area contributed by atoms with Crippen LogP contribution in [0.3, 0.4) is 0 Å². The first-order chi connectivity index (χ1) is 14.9. The Kier molecular flexibility index (Phi) is 6.47. The van der Waals surface area contributed by atoms with Crippen molar-refractivity contribution in [3.63, 3.8) is 0 Å². The number of sulfone groups is 1. The lowest BCUT2D eigenvalue weighted by molar-refractivity contribution is 0.0117. The minimum absolute atomic E-state index is 0.0309. The van der Waals surface area contributed by atoms with Gasteiger partial charge in [0.1, 0.15) is 5.76 Å². The molecule has 3 aromatic rings. The Morgan fingerprint density at radius 3 is 2.52 bits per heavy atom. The van der Waals surface area contributed by atoms with Gasteiger partial charge < -0.3 is 18.9 Å². The van der Waals surface area contributed by atoms with E-state index in [0.29, 0.717) is 31.3 Å². The van der Waals surface area contributed by atoms with E-state index in [4.69, 9.17) is 25.2 Å². The molecule has 164 valence electrons. The smallest absolute Gasteiger partial charge is 0.287 e. The highest BCUT2D eigenvalue weighted by atomic mass is 35.5. The van der Waals surface area contributed by atoms with Gasteiger partial charge >= 0.3 is 0 Å². The number of ether oxygens (including phenoxy) is 1. The van der Waals surface area contributed by atoms with Crippen LogP contribution in [0.5, 0.6) is 0 Å². The molecular weight excluding hydrogens is 444 g/mol. The Hall–Kier alpha value is -2.59. The van der Waals surface area contributed by atoms with E-state index in [1.54, 1.807) is 12.3 Å². The molecule has 3 heterocycles. The van der Waals surface area contributed by atoms with Gasteiger partial charge in [-0.25, -0.2) is 8.42 Å². The largest absolute Gasteiger partial charge is 0.468 e. The second kappa shape index (κ2) is 9.27. The molecule has 1 saturated heterocycles. The van der Waals surface area contributed by atoms with Gasteiger partial charge in [-0.05, 0) is 48.5 Å². The van der Waals surface area contributed by atoms with Gasteiger partial charge in [-0.15, -0.1) is 0 Å². The third-order valence-electron chi connectivity index (χ3n) is 5.01. The minimum Gasteiger partial charge on any atom is -0.468 e. The number of morpholine rings is 1. The number of hydrogen-bond acceptors (Lipinski definition) is 7. The van der Waals surface area contributed by atoms with Crippen molar-refractivity contribution in [2.75, 3.05) is 32.8 Å². The quantitative estimate of drug-likeness (QED) is 0.573. The molecule has 1 unspecified atom stereocenters. The van der Waals surface area contributed by atoms with Gasteiger partial charge in [0.25, 0.3) is 5.91 Å². The van der Waals surface area contributed by atoms with Gasteiger partial charge in [0.05, 0.1) is 30.4 Å². The monoisotopic (exact) mass is 464 g/mol. The number of halogens is 1. The lowest BCUT2D eigenvalue weighted by Gasteiger charge is -2.33. The molecule has 31 heavy (non-hydrogen) atoms. The summed E-state index contributed by atoms with van der Waals surface area (Å²) in [5, 5.41) is 2.92. The summed E-state index contributed by atoms with van der Waals surface area (Å²) in [5.41, 5.74) is 0. The highest BCUT2D eigenvalue weighted by Crippen LogP contribution is 2.25. The molecule has 0 spiro atoms. The minimum atomic E-state index is -3.89. The maximum absolute atomic E-state index is 12.7. The zero-order valence-corrected chi connectivity index (χ0v) is 18.1. The summed E-state index contributed by atoms with van der Waals surface area (Å²) in [7, 11) is -3.89. The topological polar surface area (TPSA) is 102 Å². The van der Waals surface area contributed by atoms with E-state index in [1.807, 2.05) is 6.07 Å². The van der Waals surface area contributed by atoms with Crippen LogP contribution in [0.2, 0.25) is 5.02 Å². The van der Waals surface area contributed by atoms with Crippen LogP contribution in [0.25, 0.3) is 0 Å². The average Bonchev–Trinajstić information content (AvgIpc) is 3.48. The van der Waals surface area contributed by atoms with Gasteiger partial charge in [0, 0.05) is 24.7 Å². The van der Waals surface area contributed by atoms with Crippen LogP contribution < -0.4 is 5.32 Å². The lowest BCUT2D eigenvalue weighted by atomic mass is 10.1. The molecule has 0 aliphatic carbocycles. The van der Waals surface area contributed by atoms with Crippen molar-refractivity contribution in [1.82, 2.24) is 10.2 Å². The molecule has 4 rings (SSSR count). The zero-order chi connectivity index (χ0) is 21.8. The van der Waals surface area contributed by atoms with Gasteiger partial charge in [-0.3, -0.25) is 9.69 Å². The number of nitrogens with one attached hydrogen (secondary N) is 1. The van der Waals surface area contributed by atoms with Crippen LogP contribution in [-0.4, -0.2) is 52.1 Å². The van der Waals surface area contributed by atoms with Crippen molar-refractivity contribution in [3.8, 4) is 0 Å². The second-order valence-electron chi connectivity index (χ2n) is 6.97. The number of nitrogens with zero attached hydrogens (tertiary/aromatic N) is 1. The number of hydrogen-bond donors (Lipinski definition) is 1. The molecule has 10 heteroatoms. The van der Waals surface area contributed by atoms with Crippen LogP contribution in [0.1, 0.15) is 22.4 Å². The van der Waals surface area contributed by atoms with Gasteiger partial charge in [-0.1, -0.05) is 11.6 Å². The van der Waals surface area contributed by atoms with Crippen LogP contribution in [0.4, 0.5) is 0 Å². The van der Waals surface area contributed by atoms with Crippen molar-refractivity contribution >= 4 is 27.3 Å². The first-order valence-corrected chi connectivity index (χ1v) is 11.5. The van der Waals surface area contributed by atoms with E-state index < -0.39 is 15.7 Å². The van der Waals surface area contributed by atoms with Crippen LogP contribution in [-0.2, 0) is 14.6 Å². The number of benzene rings is 1. The molecule has 1 N–H and O–H groups in total. The molecule has 0 saturated carbocycles. The number of rotatable bonds is 7. The van der Waals surface area contributed by atoms with E-state index in [-0.39, 0.29) is 28.3 Å². The molecule has 1 fully saturated rings. The number of carbonyl (C=O) groups is 1. The maximum atomic E-state index is 12.7. The average molecular weight is 465 g/mol. The van der Waals surface area contributed by atoms with Crippen molar-refractivity contribution in [3.05, 3.63) is 71.3 Å². The fraction of sp³-hybridized carbons (Fsp3) is 0.286. The predicted molar refractivity (Wildman–Crippen MR) is 112 cm³/mol. The van der Waals surface area contributed by atoms with Crippen molar-refractivity contribution in [2.24, 2.45) is 0 Å². The highest BCUT2D eigenvalue weighted by Gasteiger charge is 2.27. The molecule has 0 radical (unpaired) electrons. The standard InChI is InChI=1S/C21H21ClN2O6S/c22-15-3-5-16(6-4-15)31(26,27)20-8-7-19(30-20)21(25)23-14-17(18-2-1-11-29-18)24-9-12-28-13-10-24/h1-8,11,17H,9-10,12-14H2,(H,23,25). The number of carbonyl (C=O) groups excluding carboxylic acids is 1. The summed E-state index contributed by atoms with van der Waals surface area (Å²) >= 11 is 5.82. The fourth-order valence-corrected chi connectivity index (χ4v) is 4.67. The SMILES string of the molecule is O=C(NCC(c1ccco1)N1CCOCC1)c1ccc(S(=O)(=O)c2ccc(Cl)cc2)o1. The van der Waals surface area contributed by atoms with Crippen LogP contribution in [0, 0.1) is 0 Å². The molecule has 1 aromatic carbocycles. The summed E-state index contributed by atoms with van der Waals surface area (Å²) in [6.45, 7) is 2.91. The van der Waals surface area contributed by atoms with Gasteiger partial charge in [0.2, 0.25) is 14.9 Å². The lowest BCUT2D eigenvalue weighted by Crippen LogP contribution is -2.43. The van der Waals surface area contributed by atoms with Gasteiger partial charge in [-0.2, -0.15) is 0 Å². The first kappa shape index (κ1) is 21.6. The van der Waals surface area contributed by atoms with Crippen molar-refractivity contribution < 1.29 is 26.8 Å². The Morgan fingerprint density at radius 1 is 1.10 bits per heavy atom. The van der Waals surface area contributed by atoms with Crippen molar-refractivity contribution in [2.45, 2.75) is 16.0 Å². The van der Waals surface area contributed by atoms with Crippen LogP contribution >= 0.6 is 11.6 Å². The Morgan fingerprint density at radius 2 is 1.84 bits per heavy atom. The molecule has 8 nitrogen and oxygen atoms in total. The third kappa shape index (κ3) is 4.85. The molecule has 1 aliphatic heterocycles. The number of amides is 1. The summed E-state index contributed by atoms with van der Waals surface area (Å²) in [4.78, 5) is 14.8. The summed E-state index contributed by atoms with van der Waals surface area (Å²) in [6, 6.07) is 11.8. The molecule has 1 amide bonds. The molecule has 2 aromatic heterocycles. The summed E-state index contributed by atoms with van der Waals surface area (Å²) in [6.07, 6.45) is 1.59.